The average Bonchev–Trinajstić information content (AvgIpc) is 2.69. The lowest BCUT2D eigenvalue weighted by molar-refractivity contribution is -0.149. The van der Waals surface area contributed by atoms with Crippen LogP contribution in [0.25, 0.3) is 0 Å². The SMILES string of the molecule is CC(C)C(NC(=O)C12CC3CC(CC(C3)C1)C2)C(=O)NCC(N)c1ccccc1.Cl. The quantitative estimate of drug-likeness (QED) is 0.614. The van der Waals surface area contributed by atoms with Gasteiger partial charge in [-0.05, 0) is 67.8 Å². The predicted octanol–water partition coefficient (Wildman–Crippen LogP) is 3.58. The van der Waals surface area contributed by atoms with Crippen LogP contribution in [0, 0.1) is 29.1 Å². The van der Waals surface area contributed by atoms with E-state index in [1.54, 1.807) is 0 Å². The van der Waals surface area contributed by atoms with Crippen molar-refractivity contribution in [1.29, 1.82) is 0 Å². The number of carbonyl (C=O) groups excluding carboxylic acids is 2. The van der Waals surface area contributed by atoms with E-state index in [0.29, 0.717) is 24.3 Å². The summed E-state index contributed by atoms with van der Waals surface area (Å²) in [5.41, 5.74) is 6.98. The molecule has 2 amide bonds. The Labute approximate surface area is 186 Å². The molecule has 0 saturated heterocycles. The molecule has 1 aromatic rings. The van der Waals surface area contributed by atoms with Crippen LogP contribution >= 0.6 is 12.4 Å². The molecular formula is C24H36ClN3O2. The van der Waals surface area contributed by atoms with Gasteiger partial charge in [0.05, 0.1) is 0 Å². The maximum Gasteiger partial charge on any atom is 0.242 e. The highest BCUT2D eigenvalue weighted by Gasteiger charge is 2.55. The number of hydrogen-bond donors (Lipinski definition) is 3. The normalized spacial score (nSPS) is 31.0. The molecule has 0 radical (unpaired) electrons. The second-order valence-electron chi connectivity index (χ2n) is 10.2. The fourth-order valence-corrected chi connectivity index (χ4v) is 6.36. The second kappa shape index (κ2) is 9.27. The van der Waals surface area contributed by atoms with Gasteiger partial charge in [0.15, 0.2) is 0 Å². The molecule has 0 spiro atoms. The third kappa shape index (κ3) is 4.67. The van der Waals surface area contributed by atoms with E-state index in [1.807, 2.05) is 44.2 Å². The van der Waals surface area contributed by atoms with Gasteiger partial charge < -0.3 is 16.4 Å². The number of rotatable bonds is 7. The standard InChI is InChI=1S/C24H35N3O2.ClH/c1-15(2)21(22(28)26-14-20(25)19-6-4-3-5-7-19)27-23(29)24-11-16-8-17(12-24)10-18(9-16)13-24;/h3-7,15-18,20-21H,8-14,25H2,1-2H3,(H,26,28)(H,27,29);1H. The molecular weight excluding hydrogens is 398 g/mol. The van der Waals surface area contributed by atoms with Crippen molar-refractivity contribution in [1.82, 2.24) is 10.6 Å². The molecule has 4 aliphatic carbocycles. The molecule has 5 nitrogen and oxygen atoms in total. The summed E-state index contributed by atoms with van der Waals surface area (Å²) >= 11 is 0. The number of carbonyl (C=O) groups is 2. The van der Waals surface area contributed by atoms with E-state index >= 15 is 0 Å². The Kier molecular flexibility index (Phi) is 7.13. The van der Waals surface area contributed by atoms with Gasteiger partial charge in [0.1, 0.15) is 6.04 Å². The van der Waals surface area contributed by atoms with Gasteiger partial charge in [-0.2, -0.15) is 0 Å². The Balaban J connectivity index is 0.00000256. The molecule has 30 heavy (non-hydrogen) atoms. The maximum atomic E-state index is 13.4. The van der Waals surface area contributed by atoms with Crippen molar-refractivity contribution >= 4 is 24.2 Å². The number of benzene rings is 1. The van der Waals surface area contributed by atoms with Gasteiger partial charge in [0.25, 0.3) is 0 Å². The zero-order valence-electron chi connectivity index (χ0n) is 18.1. The molecule has 6 heteroatoms. The monoisotopic (exact) mass is 433 g/mol. The molecule has 1 aromatic carbocycles. The predicted molar refractivity (Wildman–Crippen MR) is 121 cm³/mol. The van der Waals surface area contributed by atoms with Crippen molar-refractivity contribution in [3.8, 4) is 0 Å². The largest absolute Gasteiger partial charge is 0.352 e. The summed E-state index contributed by atoms with van der Waals surface area (Å²) in [6.07, 6.45) is 6.94. The Hall–Kier alpha value is -1.59. The molecule has 2 atom stereocenters. The fraction of sp³-hybridized carbons (Fsp3) is 0.667. The van der Waals surface area contributed by atoms with Gasteiger partial charge >= 0.3 is 0 Å². The van der Waals surface area contributed by atoms with Crippen molar-refractivity contribution < 1.29 is 9.59 Å². The zero-order valence-corrected chi connectivity index (χ0v) is 18.9. The molecule has 4 saturated carbocycles. The van der Waals surface area contributed by atoms with Crippen LogP contribution < -0.4 is 16.4 Å². The lowest BCUT2D eigenvalue weighted by Crippen LogP contribution is -2.58. The number of hydrogen-bond acceptors (Lipinski definition) is 3. The van der Waals surface area contributed by atoms with Gasteiger partial charge in [0.2, 0.25) is 11.8 Å². The first-order valence-electron chi connectivity index (χ1n) is 11.3. The fourth-order valence-electron chi connectivity index (χ4n) is 6.36. The Bertz CT molecular complexity index is 717. The van der Waals surface area contributed by atoms with E-state index in [4.69, 9.17) is 5.73 Å². The minimum absolute atomic E-state index is 0. The Morgan fingerprint density at radius 2 is 1.57 bits per heavy atom. The highest BCUT2D eigenvalue weighted by atomic mass is 35.5. The first kappa shape index (κ1) is 23.1. The van der Waals surface area contributed by atoms with Crippen LogP contribution in [0.15, 0.2) is 30.3 Å². The van der Waals surface area contributed by atoms with Crippen LogP contribution in [0.5, 0.6) is 0 Å². The number of nitrogens with two attached hydrogens (primary N) is 1. The molecule has 0 aliphatic heterocycles. The van der Waals surface area contributed by atoms with Crippen molar-refractivity contribution in [3.63, 3.8) is 0 Å². The van der Waals surface area contributed by atoms with Crippen molar-refractivity contribution in [2.75, 3.05) is 6.54 Å². The number of nitrogens with one attached hydrogen (secondary N) is 2. The molecule has 4 bridgehead atoms. The van der Waals surface area contributed by atoms with Crippen LogP contribution in [-0.4, -0.2) is 24.4 Å². The van der Waals surface area contributed by atoms with Crippen LogP contribution in [0.2, 0.25) is 0 Å². The van der Waals surface area contributed by atoms with Crippen LogP contribution in [0.3, 0.4) is 0 Å². The van der Waals surface area contributed by atoms with E-state index in [0.717, 1.165) is 24.8 Å². The summed E-state index contributed by atoms with van der Waals surface area (Å²) in [6, 6.07) is 8.99. The van der Waals surface area contributed by atoms with E-state index in [-0.39, 0.29) is 41.6 Å². The highest BCUT2D eigenvalue weighted by molar-refractivity contribution is 5.90. The lowest BCUT2D eigenvalue weighted by Gasteiger charge is -2.55. The minimum atomic E-state index is -0.515. The third-order valence-electron chi connectivity index (χ3n) is 7.48. The zero-order chi connectivity index (χ0) is 20.6. The van der Waals surface area contributed by atoms with Crippen molar-refractivity contribution in [3.05, 3.63) is 35.9 Å². The Morgan fingerprint density at radius 3 is 2.07 bits per heavy atom. The van der Waals surface area contributed by atoms with Crippen molar-refractivity contribution in [2.45, 2.75) is 64.5 Å². The van der Waals surface area contributed by atoms with E-state index in [2.05, 4.69) is 10.6 Å². The summed E-state index contributed by atoms with van der Waals surface area (Å²) in [4.78, 5) is 26.3. The average molecular weight is 434 g/mol. The topological polar surface area (TPSA) is 84.2 Å². The third-order valence-corrected chi connectivity index (χ3v) is 7.48. The summed E-state index contributed by atoms with van der Waals surface area (Å²) in [7, 11) is 0. The summed E-state index contributed by atoms with van der Waals surface area (Å²) in [6.45, 7) is 4.34. The van der Waals surface area contributed by atoms with E-state index < -0.39 is 6.04 Å². The first-order chi connectivity index (χ1) is 13.9. The lowest BCUT2D eigenvalue weighted by atomic mass is 9.49. The van der Waals surface area contributed by atoms with Crippen LogP contribution in [0.4, 0.5) is 0 Å². The van der Waals surface area contributed by atoms with Crippen molar-refractivity contribution in [2.24, 2.45) is 34.8 Å². The molecule has 4 N–H and O–H groups in total. The van der Waals surface area contributed by atoms with E-state index in [9.17, 15) is 9.59 Å². The molecule has 0 aromatic heterocycles. The van der Waals surface area contributed by atoms with Crippen LogP contribution in [-0.2, 0) is 9.59 Å². The molecule has 0 heterocycles. The maximum absolute atomic E-state index is 13.4. The molecule has 2 unspecified atom stereocenters. The van der Waals surface area contributed by atoms with Gasteiger partial charge in [-0.3, -0.25) is 9.59 Å². The number of amides is 2. The smallest absolute Gasteiger partial charge is 0.242 e. The molecule has 4 fully saturated rings. The van der Waals surface area contributed by atoms with E-state index in [1.165, 1.54) is 19.3 Å². The van der Waals surface area contributed by atoms with Gasteiger partial charge in [0, 0.05) is 18.0 Å². The molecule has 4 aliphatic rings. The summed E-state index contributed by atoms with van der Waals surface area (Å²) in [5.74, 6) is 2.13. The second-order valence-corrected chi connectivity index (χ2v) is 10.2. The summed E-state index contributed by atoms with van der Waals surface area (Å²) in [5, 5.41) is 6.11. The minimum Gasteiger partial charge on any atom is -0.352 e. The molecule has 5 rings (SSSR count). The number of halogens is 1. The van der Waals surface area contributed by atoms with Crippen LogP contribution in [0.1, 0.15) is 64.0 Å². The van der Waals surface area contributed by atoms with Gasteiger partial charge in [-0.15, -0.1) is 12.4 Å². The molecule has 166 valence electrons. The first-order valence-corrected chi connectivity index (χ1v) is 11.3. The summed E-state index contributed by atoms with van der Waals surface area (Å²) < 4.78 is 0. The van der Waals surface area contributed by atoms with Gasteiger partial charge in [-0.25, -0.2) is 0 Å². The van der Waals surface area contributed by atoms with Gasteiger partial charge in [-0.1, -0.05) is 44.2 Å². The highest BCUT2D eigenvalue weighted by Crippen LogP contribution is 2.60. The Morgan fingerprint density at radius 1 is 1.03 bits per heavy atom.